The second-order valence-electron chi connectivity index (χ2n) is 4.68. The third kappa shape index (κ3) is 3.46. The fourth-order valence-corrected chi connectivity index (χ4v) is 2.15. The monoisotopic (exact) mass is 285 g/mol. The smallest absolute Gasteiger partial charge is 0.336 e. The number of hydrogen-bond donors (Lipinski definition) is 3. The molecule has 0 radical (unpaired) electrons. The Kier molecular flexibility index (Phi) is 4.35. The van der Waals surface area contributed by atoms with Crippen molar-refractivity contribution in [2.75, 3.05) is 0 Å². The van der Waals surface area contributed by atoms with Crippen LogP contribution in [0.4, 0.5) is 0 Å². The van der Waals surface area contributed by atoms with E-state index < -0.39 is 11.9 Å². The molecule has 2 aromatic rings. The van der Waals surface area contributed by atoms with Crippen molar-refractivity contribution < 1.29 is 19.8 Å². The van der Waals surface area contributed by atoms with Gasteiger partial charge >= 0.3 is 11.9 Å². The molecule has 0 aliphatic heterocycles. The molecule has 0 aliphatic rings. The van der Waals surface area contributed by atoms with Crippen LogP contribution in [-0.4, -0.2) is 22.2 Å². The fraction of sp³-hybridized carbons (Fsp3) is 0.125. The van der Waals surface area contributed by atoms with Crippen LogP contribution in [0.1, 0.15) is 37.4 Å². The normalized spacial score (nSPS) is 10.3. The van der Waals surface area contributed by atoms with Crippen LogP contribution in [0.3, 0.4) is 0 Å². The largest absolute Gasteiger partial charge is 0.478 e. The Hall–Kier alpha value is -2.66. The molecular formula is C16H15NO4. The van der Waals surface area contributed by atoms with E-state index in [0.717, 1.165) is 11.1 Å². The van der Waals surface area contributed by atoms with Gasteiger partial charge in [-0.05, 0) is 35.2 Å². The van der Waals surface area contributed by atoms with Crippen LogP contribution >= 0.6 is 0 Å². The highest BCUT2D eigenvalue weighted by Gasteiger charge is 2.14. The van der Waals surface area contributed by atoms with Crippen LogP contribution in [-0.2, 0) is 13.0 Å². The van der Waals surface area contributed by atoms with Gasteiger partial charge in [0.1, 0.15) is 0 Å². The van der Waals surface area contributed by atoms with Gasteiger partial charge in [-0.1, -0.05) is 30.3 Å². The number of rotatable bonds is 5. The van der Waals surface area contributed by atoms with Crippen LogP contribution < -0.4 is 5.73 Å². The summed E-state index contributed by atoms with van der Waals surface area (Å²) in [6.45, 7) is 0.414. The molecule has 0 aromatic heterocycles. The summed E-state index contributed by atoms with van der Waals surface area (Å²) in [4.78, 5) is 22.2. The highest BCUT2D eigenvalue weighted by Crippen LogP contribution is 2.18. The predicted octanol–water partition coefficient (Wildman–Crippen LogP) is 2.13. The topological polar surface area (TPSA) is 101 Å². The maximum atomic E-state index is 11.3. The molecule has 0 aliphatic carbocycles. The van der Waals surface area contributed by atoms with Gasteiger partial charge in [0.15, 0.2) is 0 Å². The molecule has 0 saturated carbocycles. The van der Waals surface area contributed by atoms with Crippen LogP contribution in [0.2, 0.25) is 0 Å². The third-order valence-electron chi connectivity index (χ3n) is 3.21. The van der Waals surface area contributed by atoms with E-state index in [2.05, 4.69) is 0 Å². The van der Waals surface area contributed by atoms with Crippen LogP contribution in [0.25, 0.3) is 0 Å². The van der Waals surface area contributed by atoms with Crippen molar-refractivity contribution in [2.24, 2.45) is 5.73 Å². The minimum absolute atomic E-state index is 0.00746. The van der Waals surface area contributed by atoms with E-state index in [-0.39, 0.29) is 11.1 Å². The lowest BCUT2D eigenvalue weighted by atomic mass is 9.97. The molecule has 0 atom stereocenters. The molecular weight excluding hydrogens is 270 g/mol. The molecule has 0 spiro atoms. The van der Waals surface area contributed by atoms with Gasteiger partial charge in [-0.2, -0.15) is 0 Å². The minimum Gasteiger partial charge on any atom is -0.478 e. The van der Waals surface area contributed by atoms with Crippen molar-refractivity contribution in [1.82, 2.24) is 0 Å². The Morgan fingerprint density at radius 1 is 0.952 bits per heavy atom. The van der Waals surface area contributed by atoms with E-state index in [4.69, 9.17) is 10.8 Å². The number of aromatic carboxylic acids is 2. The summed E-state index contributed by atoms with van der Waals surface area (Å²) in [5.74, 6) is -2.28. The molecule has 5 heteroatoms. The number of benzene rings is 2. The van der Waals surface area contributed by atoms with Crippen LogP contribution in [0.15, 0.2) is 42.5 Å². The van der Waals surface area contributed by atoms with Crippen LogP contribution in [0.5, 0.6) is 0 Å². The van der Waals surface area contributed by atoms with Crippen molar-refractivity contribution in [3.8, 4) is 0 Å². The summed E-state index contributed by atoms with van der Waals surface area (Å²) >= 11 is 0. The minimum atomic E-state index is -1.14. The number of hydrogen-bond acceptors (Lipinski definition) is 3. The summed E-state index contributed by atoms with van der Waals surface area (Å²) in [5.41, 5.74) is 8.03. The second kappa shape index (κ2) is 6.19. The average molecular weight is 285 g/mol. The maximum absolute atomic E-state index is 11.3. The lowest BCUT2D eigenvalue weighted by Crippen LogP contribution is -2.07. The molecule has 4 N–H and O–H groups in total. The summed E-state index contributed by atoms with van der Waals surface area (Å²) < 4.78 is 0. The Morgan fingerprint density at radius 3 is 2.29 bits per heavy atom. The van der Waals surface area contributed by atoms with Crippen molar-refractivity contribution >= 4 is 11.9 Å². The van der Waals surface area contributed by atoms with Gasteiger partial charge < -0.3 is 15.9 Å². The Balaban J connectivity index is 2.38. The molecule has 0 fully saturated rings. The molecule has 5 nitrogen and oxygen atoms in total. The summed E-state index contributed by atoms with van der Waals surface area (Å²) in [6, 6.07) is 11.7. The zero-order valence-corrected chi connectivity index (χ0v) is 11.2. The lowest BCUT2D eigenvalue weighted by Gasteiger charge is -2.08. The van der Waals surface area contributed by atoms with E-state index in [1.807, 2.05) is 24.3 Å². The zero-order chi connectivity index (χ0) is 15.4. The first kappa shape index (κ1) is 14.7. The summed E-state index contributed by atoms with van der Waals surface area (Å²) in [7, 11) is 0. The first-order valence-corrected chi connectivity index (χ1v) is 6.38. The van der Waals surface area contributed by atoms with Gasteiger partial charge in [-0.15, -0.1) is 0 Å². The highest BCUT2D eigenvalue weighted by molar-refractivity contribution is 5.94. The molecule has 21 heavy (non-hydrogen) atoms. The number of carboxylic acids is 2. The van der Waals surface area contributed by atoms with E-state index in [0.29, 0.717) is 18.5 Å². The van der Waals surface area contributed by atoms with Crippen molar-refractivity contribution in [3.05, 3.63) is 70.3 Å². The molecule has 0 saturated heterocycles. The molecule has 2 aromatic carbocycles. The van der Waals surface area contributed by atoms with E-state index in [1.54, 1.807) is 6.07 Å². The van der Waals surface area contributed by atoms with E-state index >= 15 is 0 Å². The van der Waals surface area contributed by atoms with Gasteiger partial charge in [0, 0.05) is 6.54 Å². The Bertz CT molecular complexity index is 694. The number of carboxylic acid groups (broad SMARTS) is 2. The predicted molar refractivity (Wildman–Crippen MR) is 77.5 cm³/mol. The highest BCUT2D eigenvalue weighted by atomic mass is 16.4. The van der Waals surface area contributed by atoms with Crippen molar-refractivity contribution in [3.63, 3.8) is 0 Å². The van der Waals surface area contributed by atoms with E-state index in [9.17, 15) is 14.7 Å². The lowest BCUT2D eigenvalue weighted by molar-refractivity contribution is 0.0695. The molecule has 0 bridgehead atoms. The standard InChI is InChI=1S/C16H15NO4/c17-9-11-3-1-2-10(6-11)7-12-4-5-13(15(18)19)8-14(12)16(20)21/h1-6,8H,7,9,17H2,(H,18,19)(H,20,21). The van der Waals surface area contributed by atoms with Crippen molar-refractivity contribution in [2.45, 2.75) is 13.0 Å². The first-order valence-electron chi connectivity index (χ1n) is 6.38. The maximum Gasteiger partial charge on any atom is 0.336 e. The quantitative estimate of drug-likeness (QED) is 0.781. The Morgan fingerprint density at radius 2 is 1.67 bits per heavy atom. The fourth-order valence-electron chi connectivity index (χ4n) is 2.15. The van der Waals surface area contributed by atoms with Gasteiger partial charge in [0.2, 0.25) is 0 Å². The average Bonchev–Trinajstić information content (AvgIpc) is 2.47. The van der Waals surface area contributed by atoms with Gasteiger partial charge in [0.05, 0.1) is 11.1 Å². The SMILES string of the molecule is NCc1cccc(Cc2ccc(C(=O)O)cc2C(=O)O)c1. The number of carbonyl (C=O) groups is 2. The molecule has 0 heterocycles. The zero-order valence-electron chi connectivity index (χ0n) is 11.2. The number of nitrogens with two attached hydrogens (primary N) is 1. The third-order valence-corrected chi connectivity index (χ3v) is 3.21. The molecule has 0 amide bonds. The van der Waals surface area contributed by atoms with E-state index in [1.165, 1.54) is 12.1 Å². The summed E-state index contributed by atoms with van der Waals surface area (Å²) in [5, 5.41) is 18.2. The molecule has 2 rings (SSSR count). The van der Waals surface area contributed by atoms with Gasteiger partial charge in [-0.25, -0.2) is 9.59 Å². The van der Waals surface area contributed by atoms with Crippen LogP contribution in [0, 0.1) is 0 Å². The summed E-state index contributed by atoms with van der Waals surface area (Å²) in [6.07, 6.45) is 0.412. The van der Waals surface area contributed by atoms with Gasteiger partial charge in [-0.3, -0.25) is 0 Å². The van der Waals surface area contributed by atoms with Gasteiger partial charge in [0.25, 0.3) is 0 Å². The van der Waals surface area contributed by atoms with Crippen molar-refractivity contribution in [1.29, 1.82) is 0 Å². The first-order chi connectivity index (χ1) is 10.0. The second-order valence-corrected chi connectivity index (χ2v) is 4.68. The molecule has 0 unspecified atom stereocenters. The molecule has 108 valence electrons. The Labute approximate surface area is 121 Å².